The quantitative estimate of drug-likeness (QED) is 0.617. The minimum absolute atomic E-state index is 0.118. The zero-order valence-electron chi connectivity index (χ0n) is 8.84. The molecule has 0 radical (unpaired) electrons. The molecule has 0 heterocycles. The minimum Gasteiger partial charge on any atom is -0.495 e. The summed E-state index contributed by atoms with van der Waals surface area (Å²) in [6, 6.07) is 3.04. The largest absolute Gasteiger partial charge is 0.495 e. The van der Waals surface area contributed by atoms with Crippen LogP contribution in [-0.4, -0.2) is 18.7 Å². The molecule has 0 saturated carbocycles. The summed E-state index contributed by atoms with van der Waals surface area (Å²) >= 11 is 11.8. The van der Waals surface area contributed by atoms with Gasteiger partial charge in [0, 0.05) is 5.56 Å². The van der Waals surface area contributed by atoms with Crippen LogP contribution < -0.4 is 4.74 Å². The number of ketones is 2. The highest BCUT2D eigenvalue weighted by Crippen LogP contribution is 2.34. The molecule has 0 aromatic heterocycles. The van der Waals surface area contributed by atoms with Crippen LogP contribution in [0.1, 0.15) is 23.7 Å². The summed E-state index contributed by atoms with van der Waals surface area (Å²) in [5, 5.41) is 0.297. The van der Waals surface area contributed by atoms with Gasteiger partial charge in [0.05, 0.1) is 18.6 Å². The lowest BCUT2D eigenvalue weighted by molar-refractivity contribution is -0.116. The maximum atomic E-state index is 11.6. The molecular weight excluding hydrogens is 251 g/mol. The maximum Gasteiger partial charge on any atom is 0.171 e. The number of methoxy groups -OCH3 is 1. The number of Topliss-reactive ketones (excluding diaryl/α,β-unsaturated/α-hetero) is 2. The topological polar surface area (TPSA) is 43.4 Å². The Bertz CT molecular complexity index is 441. The maximum absolute atomic E-state index is 11.6. The fraction of sp³-hybridized carbons (Fsp3) is 0.273. The Balaban J connectivity index is 3.12. The van der Waals surface area contributed by atoms with E-state index in [4.69, 9.17) is 27.9 Å². The summed E-state index contributed by atoms with van der Waals surface area (Å²) in [5.41, 5.74) is 0.239. The molecule has 16 heavy (non-hydrogen) atoms. The monoisotopic (exact) mass is 260 g/mol. The van der Waals surface area contributed by atoms with Crippen LogP contribution in [-0.2, 0) is 4.79 Å². The first-order valence-corrected chi connectivity index (χ1v) is 5.27. The van der Waals surface area contributed by atoms with Crippen LogP contribution in [0.2, 0.25) is 10.0 Å². The van der Waals surface area contributed by atoms with Gasteiger partial charge in [-0.05, 0) is 19.1 Å². The highest BCUT2D eigenvalue weighted by Gasteiger charge is 2.17. The molecule has 0 aliphatic carbocycles. The molecule has 86 valence electrons. The number of halogens is 2. The van der Waals surface area contributed by atoms with E-state index in [1.54, 1.807) is 6.07 Å². The predicted octanol–water partition coefficient (Wildman–Crippen LogP) is 3.16. The van der Waals surface area contributed by atoms with Crippen LogP contribution >= 0.6 is 23.2 Å². The summed E-state index contributed by atoms with van der Waals surface area (Å²) in [7, 11) is 1.45. The minimum atomic E-state index is -0.345. The number of ether oxygens (including phenoxy) is 1. The third-order valence-corrected chi connectivity index (χ3v) is 2.84. The molecular formula is C11H10Cl2O3. The number of hydrogen-bond acceptors (Lipinski definition) is 3. The predicted molar refractivity (Wildman–Crippen MR) is 62.6 cm³/mol. The Morgan fingerprint density at radius 3 is 2.38 bits per heavy atom. The molecule has 0 spiro atoms. The molecule has 0 aliphatic heterocycles. The molecule has 0 fully saturated rings. The molecule has 5 heteroatoms. The second kappa shape index (κ2) is 5.32. The van der Waals surface area contributed by atoms with E-state index >= 15 is 0 Å². The van der Waals surface area contributed by atoms with E-state index in [0.717, 1.165) is 0 Å². The molecule has 0 N–H and O–H groups in total. The van der Waals surface area contributed by atoms with Crippen molar-refractivity contribution in [2.24, 2.45) is 0 Å². The molecule has 0 bridgehead atoms. The van der Waals surface area contributed by atoms with Crippen molar-refractivity contribution >= 4 is 34.8 Å². The van der Waals surface area contributed by atoms with Gasteiger partial charge in [0.2, 0.25) is 0 Å². The van der Waals surface area contributed by atoms with E-state index in [9.17, 15) is 9.59 Å². The van der Waals surface area contributed by atoms with Gasteiger partial charge >= 0.3 is 0 Å². The number of benzene rings is 1. The highest BCUT2D eigenvalue weighted by molar-refractivity contribution is 6.45. The van der Waals surface area contributed by atoms with Crippen molar-refractivity contribution < 1.29 is 14.3 Å². The number of carbonyl (C=O) groups excluding carboxylic acids is 2. The van der Waals surface area contributed by atoms with Crippen LogP contribution in [0.4, 0.5) is 0 Å². The van der Waals surface area contributed by atoms with Gasteiger partial charge in [-0.15, -0.1) is 0 Å². The van der Waals surface area contributed by atoms with E-state index in [0.29, 0.717) is 5.75 Å². The second-order valence-corrected chi connectivity index (χ2v) is 4.00. The summed E-state index contributed by atoms with van der Waals surface area (Å²) in [6.07, 6.45) is -0.178. The molecule has 0 aliphatic rings. The van der Waals surface area contributed by atoms with Gasteiger partial charge in [-0.25, -0.2) is 0 Å². The molecule has 1 aromatic rings. The Morgan fingerprint density at radius 1 is 1.25 bits per heavy atom. The van der Waals surface area contributed by atoms with E-state index in [1.807, 2.05) is 0 Å². The molecule has 0 amide bonds. The van der Waals surface area contributed by atoms with Crippen LogP contribution in [0.5, 0.6) is 5.75 Å². The third-order valence-electron chi connectivity index (χ3n) is 1.98. The standard InChI is InChI=1S/C11H10Cl2O3/c1-6(14)5-8(15)7-3-4-9(16-2)11(13)10(7)12/h3-4H,5H2,1-2H3. The average molecular weight is 261 g/mol. The number of rotatable bonds is 4. The Hall–Kier alpha value is -1.06. The van der Waals surface area contributed by atoms with Gasteiger partial charge in [0.1, 0.15) is 16.6 Å². The van der Waals surface area contributed by atoms with Crippen molar-refractivity contribution in [2.75, 3.05) is 7.11 Å². The van der Waals surface area contributed by atoms with Crippen molar-refractivity contribution in [3.63, 3.8) is 0 Å². The molecule has 0 unspecified atom stereocenters. The summed E-state index contributed by atoms with van der Waals surface area (Å²) in [4.78, 5) is 22.4. The van der Waals surface area contributed by atoms with E-state index in [-0.39, 0.29) is 33.6 Å². The van der Waals surface area contributed by atoms with Crippen molar-refractivity contribution in [3.05, 3.63) is 27.7 Å². The first-order valence-electron chi connectivity index (χ1n) is 4.52. The van der Waals surface area contributed by atoms with Crippen LogP contribution in [0.3, 0.4) is 0 Å². The molecule has 3 nitrogen and oxygen atoms in total. The third kappa shape index (κ3) is 2.74. The summed E-state index contributed by atoms with van der Waals surface area (Å²) in [6.45, 7) is 1.34. The lowest BCUT2D eigenvalue weighted by Crippen LogP contribution is -2.06. The second-order valence-electron chi connectivity index (χ2n) is 3.25. The van der Waals surface area contributed by atoms with Crippen LogP contribution in [0, 0.1) is 0 Å². The van der Waals surface area contributed by atoms with Gasteiger partial charge in [-0.1, -0.05) is 23.2 Å². The zero-order valence-corrected chi connectivity index (χ0v) is 10.4. The lowest BCUT2D eigenvalue weighted by Gasteiger charge is -2.08. The van der Waals surface area contributed by atoms with Gasteiger partial charge in [0.25, 0.3) is 0 Å². The van der Waals surface area contributed by atoms with E-state index in [2.05, 4.69) is 0 Å². The first-order chi connectivity index (χ1) is 7.47. The number of carbonyl (C=O) groups is 2. The lowest BCUT2D eigenvalue weighted by atomic mass is 10.1. The SMILES string of the molecule is COc1ccc(C(=O)CC(C)=O)c(Cl)c1Cl. The average Bonchev–Trinajstić information content (AvgIpc) is 2.20. The smallest absolute Gasteiger partial charge is 0.171 e. The summed E-state index contributed by atoms with van der Waals surface area (Å²) < 4.78 is 4.95. The van der Waals surface area contributed by atoms with Gasteiger partial charge in [-0.3, -0.25) is 9.59 Å². The fourth-order valence-corrected chi connectivity index (χ4v) is 1.73. The fourth-order valence-electron chi connectivity index (χ4n) is 1.23. The van der Waals surface area contributed by atoms with Crippen molar-refractivity contribution in [2.45, 2.75) is 13.3 Å². The van der Waals surface area contributed by atoms with Gasteiger partial charge < -0.3 is 4.74 Å². The Morgan fingerprint density at radius 2 is 1.88 bits per heavy atom. The van der Waals surface area contributed by atoms with Gasteiger partial charge in [-0.2, -0.15) is 0 Å². The van der Waals surface area contributed by atoms with Crippen molar-refractivity contribution in [1.29, 1.82) is 0 Å². The highest BCUT2D eigenvalue weighted by atomic mass is 35.5. The Labute approximate surface area is 103 Å². The normalized spacial score (nSPS) is 10.0. The molecule has 1 aromatic carbocycles. The first kappa shape index (κ1) is 13.0. The summed E-state index contributed by atoms with van der Waals surface area (Å²) in [5.74, 6) is -0.166. The van der Waals surface area contributed by atoms with Crippen LogP contribution in [0.15, 0.2) is 12.1 Å². The van der Waals surface area contributed by atoms with Gasteiger partial charge in [0.15, 0.2) is 5.78 Å². The molecule has 1 rings (SSSR count). The molecule has 0 atom stereocenters. The van der Waals surface area contributed by atoms with Crippen LogP contribution in [0.25, 0.3) is 0 Å². The Kier molecular flexibility index (Phi) is 4.33. The van der Waals surface area contributed by atoms with E-state index < -0.39 is 0 Å². The van der Waals surface area contributed by atoms with Crippen molar-refractivity contribution in [1.82, 2.24) is 0 Å². The molecule has 0 saturated heterocycles. The number of hydrogen-bond donors (Lipinski definition) is 0. The zero-order chi connectivity index (χ0) is 12.3. The van der Waals surface area contributed by atoms with E-state index in [1.165, 1.54) is 20.1 Å². The van der Waals surface area contributed by atoms with Crippen molar-refractivity contribution in [3.8, 4) is 5.75 Å².